The van der Waals surface area contributed by atoms with E-state index in [1.54, 1.807) is 48.5 Å². The number of rotatable bonds is 12. The van der Waals surface area contributed by atoms with Gasteiger partial charge < -0.3 is 14.8 Å². The molecule has 41 heavy (non-hydrogen) atoms. The number of ether oxygens (including phenoxy) is 2. The number of amides is 1. The van der Waals surface area contributed by atoms with E-state index in [-0.39, 0.29) is 40.7 Å². The van der Waals surface area contributed by atoms with E-state index in [4.69, 9.17) is 21.1 Å². The van der Waals surface area contributed by atoms with Gasteiger partial charge in [0, 0.05) is 35.2 Å². The molecule has 0 bridgehead atoms. The lowest BCUT2D eigenvalue weighted by Gasteiger charge is -2.21. The molecule has 3 aromatic carbocycles. The summed E-state index contributed by atoms with van der Waals surface area (Å²) in [4.78, 5) is 39.1. The normalized spacial score (nSPS) is 16.5. The average Bonchev–Trinajstić information content (AvgIpc) is 3.40. The average molecular weight is 649 g/mol. The summed E-state index contributed by atoms with van der Waals surface area (Å²) in [6, 6.07) is 16.3. The number of alkyl halides is 2. The minimum atomic E-state index is -2.73. The van der Waals surface area contributed by atoms with Gasteiger partial charge in [0.1, 0.15) is 18.0 Å². The first-order valence-electron chi connectivity index (χ1n) is 13.1. The molecule has 1 aliphatic rings. The lowest BCUT2D eigenvalue weighted by atomic mass is 9.92. The van der Waals surface area contributed by atoms with Crippen molar-refractivity contribution >= 4 is 50.7 Å². The van der Waals surface area contributed by atoms with Crippen molar-refractivity contribution < 1.29 is 32.6 Å². The molecule has 0 aliphatic carbocycles. The Morgan fingerprint density at radius 2 is 1.76 bits per heavy atom. The fourth-order valence-corrected chi connectivity index (χ4v) is 5.11. The molecule has 1 aliphatic heterocycles. The Bertz CT molecular complexity index is 1420. The van der Waals surface area contributed by atoms with E-state index in [0.29, 0.717) is 36.3 Å². The molecule has 216 valence electrons. The van der Waals surface area contributed by atoms with Crippen molar-refractivity contribution in [3.8, 4) is 5.75 Å². The van der Waals surface area contributed by atoms with Crippen LogP contribution in [0, 0.1) is 0 Å². The molecule has 0 aromatic heterocycles. The number of carbonyl (C=O) groups excluding carboxylic acids is 3. The van der Waals surface area contributed by atoms with Crippen LogP contribution >= 0.6 is 27.5 Å². The fourth-order valence-electron chi connectivity index (χ4n) is 4.62. The summed E-state index contributed by atoms with van der Waals surface area (Å²) in [5.41, 5.74) is 1.31. The first-order chi connectivity index (χ1) is 19.5. The van der Waals surface area contributed by atoms with Crippen LogP contribution in [-0.4, -0.2) is 42.7 Å². The van der Waals surface area contributed by atoms with Gasteiger partial charge in [0.25, 0.3) is 12.3 Å². The van der Waals surface area contributed by atoms with E-state index in [1.165, 1.54) is 12.1 Å². The largest absolute Gasteiger partial charge is 0.487 e. The minimum absolute atomic E-state index is 0.0138. The second-order valence-electron chi connectivity index (χ2n) is 10.0. The lowest BCUT2D eigenvalue weighted by Crippen LogP contribution is -2.34. The topological polar surface area (TPSA) is 81.7 Å². The number of nitrogens with one attached hydrogen (secondary N) is 1. The molecule has 1 heterocycles. The van der Waals surface area contributed by atoms with Gasteiger partial charge in [0.2, 0.25) is 0 Å². The molecule has 1 fully saturated rings. The SMILES string of the molecule is CC1(C(=O)CCc2ccc(Cl)c(C(=O)Cc3ccc(OCC(F)F)c(C(=O)Nc4ccc(Br)cc4)c3)c2)CCCO1. The zero-order valence-corrected chi connectivity index (χ0v) is 24.7. The molecule has 0 saturated carbocycles. The van der Waals surface area contributed by atoms with Crippen molar-refractivity contribution in [1.29, 1.82) is 0 Å². The molecule has 10 heteroatoms. The maximum absolute atomic E-state index is 13.3. The fraction of sp³-hybridized carbons (Fsp3) is 0.323. The number of benzene rings is 3. The molecule has 4 rings (SSSR count). The molecule has 1 amide bonds. The van der Waals surface area contributed by atoms with Crippen molar-refractivity contribution in [1.82, 2.24) is 0 Å². The maximum atomic E-state index is 13.3. The summed E-state index contributed by atoms with van der Waals surface area (Å²) in [6.45, 7) is 1.51. The molecular weight excluding hydrogens is 620 g/mol. The van der Waals surface area contributed by atoms with Gasteiger partial charge in [-0.1, -0.05) is 39.7 Å². The summed E-state index contributed by atoms with van der Waals surface area (Å²) in [6.07, 6.45) is -0.548. The number of ketones is 2. The Labute approximate surface area is 250 Å². The highest BCUT2D eigenvalue weighted by molar-refractivity contribution is 9.10. The molecule has 6 nitrogen and oxygen atoms in total. The first kappa shape index (κ1) is 30.8. The van der Waals surface area contributed by atoms with Gasteiger partial charge in [-0.3, -0.25) is 14.4 Å². The summed E-state index contributed by atoms with van der Waals surface area (Å²) >= 11 is 9.69. The molecule has 0 radical (unpaired) electrons. The number of hydrogen-bond donors (Lipinski definition) is 1. The van der Waals surface area contributed by atoms with Crippen LogP contribution in [0.4, 0.5) is 14.5 Å². The van der Waals surface area contributed by atoms with Gasteiger partial charge >= 0.3 is 0 Å². The van der Waals surface area contributed by atoms with Crippen LogP contribution in [0.5, 0.6) is 5.75 Å². The number of hydrogen-bond acceptors (Lipinski definition) is 5. The van der Waals surface area contributed by atoms with E-state index in [2.05, 4.69) is 21.2 Å². The number of anilines is 1. The summed E-state index contributed by atoms with van der Waals surface area (Å²) in [5, 5.41) is 2.98. The van der Waals surface area contributed by atoms with Crippen molar-refractivity contribution in [3.63, 3.8) is 0 Å². The van der Waals surface area contributed by atoms with Gasteiger partial charge in [-0.2, -0.15) is 0 Å². The zero-order chi connectivity index (χ0) is 29.6. The van der Waals surface area contributed by atoms with Crippen LogP contribution in [0.3, 0.4) is 0 Å². The van der Waals surface area contributed by atoms with E-state index in [1.807, 2.05) is 6.92 Å². The molecule has 1 saturated heterocycles. The van der Waals surface area contributed by atoms with Gasteiger partial charge in [-0.25, -0.2) is 8.78 Å². The smallest absolute Gasteiger partial charge is 0.272 e. The zero-order valence-electron chi connectivity index (χ0n) is 22.4. The van der Waals surface area contributed by atoms with Gasteiger partial charge in [-0.15, -0.1) is 0 Å². The third-order valence-corrected chi connectivity index (χ3v) is 7.76. The van der Waals surface area contributed by atoms with Gasteiger partial charge in [-0.05, 0) is 85.8 Å². The second kappa shape index (κ2) is 13.7. The van der Waals surface area contributed by atoms with Crippen LogP contribution in [-0.2, 0) is 22.4 Å². The third-order valence-electron chi connectivity index (χ3n) is 6.90. The summed E-state index contributed by atoms with van der Waals surface area (Å²) < 4.78 is 37.3. The number of halogens is 4. The Hall–Kier alpha value is -3.14. The van der Waals surface area contributed by atoms with E-state index >= 15 is 0 Å². The monoisotopic (exact) mass is 647 g/mol. The van der Waals surface area contributed by atoms with Crippen LogP contribution < -0.4 is 10.1 Å². The van der Waals surface area contributed by atoms with Gasteiger partial charge in [0.05, 0.1) is 10.6 Å². The Balaban J connectivity index is 1.50. The van der Waals surface area contributed by atoms with Crippen molar-refractivity contribution in [3.05, 3.63) is 92.4 Å². The number of aryl methyl sites for hydroxylation is 1. The highest BCUT2D eigenvalue weighted by atomic mass is 79.9. The van der Waals surface area contributed by atoms with Gasteiger partial charge in [0.15, 0.2) is 11.6 Å². The van der Waals surface area contributed by atoms with Crippen LogP contribution in [0.1, 0.15) is 58.0 Å². The molecular formula is C31H29BrClF2NO5. The van der Waals surface area contributed by atoms with Crippen molar-refractivity contribution in [2.45, 2.75) is 51.1 Å². The maximum Gasteiger partial charge on any atom is 0.272 e. The Morgan fingerprint density at radius 1 is 1.05 bits per heavy atom. The highest BCUT2D eigenvalue weighted by Gasteiger charge is 2.36. The van der Waals surface area contributed by atoms with Crippen LogP contribution in [0.15, 0.2) is 65.1 Å². The van der Waals surface area contributed by atoms with Crippen LogP contribution in [0.2, 0.25) is 5.02 Å². The van der Waals surface area contributed by atoms with Crippen molar-refractivity contribution in [2.24, 2.45) is 0 Å². The van der Waals surface area contributed by atoms with E-state index in [0.717, 1.165) is 16.5 Å². The lowest BCUT2D eigenvalue weighted by molar-refractivity contribution is -0.137. The Kier molecular flexibility index (Phi) is 10.3. The van der Waals surface area contributed by atoms with E-state index in [9.17, 15) is 23.2 Å². The quantitative estimate of drug-likeness (QED) is 0.206. The predicted molar refractivity (Wildman–Crippen MR) is 156 cm³/mol. The molecule has 1 atom stereocenters. The first-order valence-corrected chi connectivity index (χ1v) is 14.3. The summed E-state index contributed by atoms with van der Waals surface area (Å²) in [5.74, 6) is -0.869. The summed E-state index contributed by atoms with van der Waals surface area (Å²) in [7, 11) is 0. The third kappa shape index (κ3) is 8.21. The van der Waals surface area contributed by atoms with E-state index < -0.39 is 24.5 Å². The molecule has 3 aromatic rings. The van der Waals surface area contributed by atoms with Crippen LogP contribution in [0.25, 0.3) is 0 Å². The molecule has 1 N–H and O–H groups in total. The molecule has 1 unspecified atom stereocenters. The minimum Gasteiger partial charge on any atom is -0.487 e. The highest BCUT2D eigenvalue weighted by Crippen LogP contribution is 2.29. The predicted octanol–water partition coefficient (Wildman–Crippen LogP) is 7.49. The second-order valence-corrected chi connectivity index (χ2v) is 11.3. The van der Waals surface area contributed by atoms with Crippen molar-refractivity contribution in [2.75, 3.05) is 18.5 Å². The standard InChI is InChI=1S/C31H29BrClF2NO5/c1-31(13-2-14-41-31)28(38)12-5-19-3-10-25(33)23(15-19)26(37)17-20-4-11-27(40-18-29(34)35)24(16-20)30(39)36-22-8-6-21(32)7-9-22/h3-4,6-11,15-16,29H,2,5,12-14,17-18H2,1H3,(H,36,39). The Morgan fingerprint density at radius 3 is 2.44 bits per heavy atom. The number of carbonyl (C=O) groups is 3. The molecule has 0 spiro atoms. The number of Topliss-reactive ketones (excluding diaryl/α,β-unsaturated/α-hetero) is 2.